The van der Waals surface area contributed by atoms with Gasteiger partial charge in [-0.2, -0.15) is 0 Å². The highest BCUT2D eigenvalue weighted by atomic mass is 19.2. The minimum absolute atomic E-state index is 0.103. The van der Waals surface area contributed by atoms with Crippen LogP contribution in [-0.4, -0.2) is 22.9 Å². The molecule has 6 rings (SSSR count). The Balaban J connectivity index is 1.40. The lowest BCUT2D eigenvalue weighted by Crippen LogP contribution is -2.70. The second-order valence-electron chi connectivity index (χ2n) is 9.88. The monoisotopic (exact) mass is 482 g/mol. The third-order valence-corrected chi connectivity index (χ3v) is 7.38. The van der Waals surface area contributed by atoms with Crippen LogP contribution in [0.25, 0.3) is 0 Å². The molecule has 0 aromatic heterocycles. The first-order valence-corrected chi connectivity index (χ1v) is 10.9. The number of halogens is 6. The van der Waals surface area contributed by atoms with Crippen molar-refractivity contribution in [3.05, 3.63) is 70.3 Å². The molecule has 2 N–H and O–H groups in total. The molecule has 180 valence electrons. The first-order valence-electron chi connectivity index (χ1n) is 10.9. The summed E-state index contributed by atoms with van der Waals surface area (Å²) in [6.45, 7) is 0. The fraction of sp³-hybridized carbons (Fsp3) is 0.417. The van der Waals surface area contributed by atoms with Gasteiger partial charge in [-0.3, -0.25) is 9.59 Å². The van der Waals surface area contributed by atoms with E-state index in [1.54, 1.807) is 0 Å². The average molecular weight is 482 g/mol. The van der Waals surface area contributed by atoms with E-state index in [1.807, 2.05) is 0 Å². The molecule has 4 nitrogen and oxygen atoms in total. The SMILES string of the molecule is O=C(NC12CC3CC(C1)CC(NC(=O)c1ccc(F)c(F)c1F)(C3)C2)c1ccc(F)c(F)c1F. The molecular formula is C24H20F6N2O2. The van der Waals surface area contributed by atoms with Gasteiger partial charge in [-0.15, -0.1) is 0 Å². The highest BCUT2D eigenvalue weighted by molar-refractivity contribution is 5.96. The first-order chi connectivity index (χ1) is 16.0. The number of rotatable bonds is 4. The van der Waals surface area contributed by atoms with Crippen LogP contribution in [0.3, 0.4) is 0 Å². The molecular weight excluding hydrogens is 462 g/mol. The summed E-state index contributed by atoms with van der Waals surface area (Å²) in [5.74, 6) is -11.1. The van der Waals surface area contributed by atoms with Crippen molar-refractivity contribution in [2.45, 2.75) is 49.6 Å². The van der Waals surface area contributed by atoms with Gasteiger partial charge in [0.05, 0.1) is 11.1 Å². The molecule has 0 unspecified atom stereocenters. The van der Waals surface area contributed by atoms with Crippen LogP contribution < -0.4 is 10.6 Å². The van der Waals surface area contributed by atoms with Gasteiger partial charge < -0.3 is 10.6 Å². The van der Waals surface area contributed by atoms with Gasteiger partial charge in [0.1, 0.15) is 0 Å². The summed E-state index contributed by atoms with van der Waals surface area (Å²) in [6.07, 6.45) is 3.32. The van der Waals surface area contributed by atoms with Crippen molar-refractivity contribution < 1.29 is 35.9 Å². The Hall–Kier alpha value is -3.04. The van der Waals surface area contributed by atoms with E-state index in [0.29, 0.717) is 37.8 Å². The van der Waals surface area contributed by atoms with Crippen molar-refractivity contribution in [2.75, 3.05) is 0 Å². The summed E-state index contributed by atoms with van der Waals surface area (Å²) in [5, 5.41) is 5.58. The number of nitrogens with one attached hydrogen (secondary N) is 2. The van der Waals surface area contributed by atoms with E-state index in [0.717, 1.165) is 18.6 Å². The maximum absolute atomic E-state index is 14.2. The van der Waals surface area contributed by atoms with Crippen molar-refractivity contribution >= 4 is 11.8 Å². The lowest BCUT2D eigenvalue weighted by molar-refractivity contribution is -0.0448. The standard InChI is InChI=1S/C24H20F6N2O2/c25-15-3-1-13(17(27)19(15)29)21(33)31-23-6-11-5-12(7-23)9-24(8-11,10-23)32-22(34)14-2-4-16(26)20(30)18(14)28/h1-4,11-12H,5-10H2,(H,31,33)(H,32,34). The number of benzene rings is 2. The Morgan fingerprint density at radius 2 is 1.03 bits per heavy atom. The fourth-order valence-electron chi connectivity index (χ4n) is 6.57. The third kappa shape index (κ3) is 3.63. The van der Waals surface area contributed by atoms with Crippen molar-refractivity contribution in [1.29, 1.82) is 0 Å². The van der Waals surface area contributed by atoms with Crippen molar-refractivity contribution in [2.24, 2.45) is 11.8 Å². The number of hydrogen-bond donors (Lipinski definition) is 2. The maximum atomic E-state index is 14.2. The van der Waals surface area contributed by atoms with Crippen molar-refractivity contribution in [1.82, 2.24) is 10.6 Å². The highest BCUT2D eigenvalue weighted by Gasteiger charge is 2.59. The molecule has 34 heavy (non-hydrogen) atoms. The second kappa shape index (κ2) is 7.74. The Morgan fingerprint density at radius 3 is 1.41 bits per heavy atom. The van der Waals surface area contributed by atoms with Gasteiger partial charge in [-0.05, 0) is 74.6 Å². The molecule has 2 aromatic rings. The average Bonchev–Trinajstić information content (AvgIpc) is 2.74. The van der Waals surface area contributed by atoms with Gasteiger partial charge in [0, 0.05) is 11.1 Å². The molecule has 0 aliphatic heterocycles. The van der Waals surface area contributed by atoms with Crippen LogP contribution in [-0.2, 0) is 0 Å². The molecule has 0 atom stereocenters. The van der Waals surface area contributed by atoms with E-state index in [2.05, 4.69) is 10.6 Å². The summed E-state index contributed by atoms with van der Waals surface area (Å²) in [5.41, 5.74) is -2.93. The lowest BCUT2D eigenvalue weighted by Gasteiger charge is -2.62. The van der Waals surface area contributed by atoms with Crippen LogP contribution in [0.15, 0.2) is 24.3 Å². The Kier molecular flexibility index (Phi) is 5.18. The predicted octanol–water partition coefficient (Wildman–Crippen LogP) is 4.77. The molecule has 0 heterocycles. The zero-order valence-electron chi connectivity index (χ0n) is 17.8. The Labute approximate surface area is 190 Å². The van der Waals surface area contributed by atoms with E-state index >= 15 is 0 Å². The minimum Gasteiger partial charge on any atom is -0.346 e. The summed E-state index contributed by atoms with van der Waals surface area (Å²) in [6, 6.07) is 3.08. The van der Waals surface area contributed by atoms with Gasteiger partial charge >= 0.3 is 0 Å². The summed E-state index contributed by atoms with van der Waals surface area (Å²) in [4.78, 5) is 25.6. The minimum atomic E-state index is -1.74. The van der Waals surface area contributed by atoms with E-state index in [4.69, 9.17) is 0 Å². The van der Waals surface area contributed by atoms with Crippen molar-refractivity contribution in [3.63, 3.8) is 0 Å². The molecule has 2 aromatic carbocycles. The molecule has 4 bridgehead atoms. The van der Waals surface area contributed by atoms with E-state index in [1.165, 1.54) is 0 Å². The summed E-state index contributed by atoms with van der Waals surface area (Å²) >= 11 is 0. The Morgan fingerprint density at radius 1 is 0.647 bits per heavy atom. The van der Waals surface area contributed by atoms with Crippen LogP contribution in [0.5, 0.6) is 0 Å². The number of carbonyl (C=O) groups excluding carboxylic acids is 2. The molecule has 0 radical (unpaired) electrons. The van der Waals surface area contributed by atoms with Gasteiger partial charge in [0.2, 0.25) is 0 Å². The van der Waals surface area contributed by atoms with Crippen LogP contribution >= 0.6 is 0 Å². The summed E-state index contributed by atoms with van der Waals surface area (Å²) < 4.78 is 82.2. The van der Waals surface area contributed by atoms with Crippen LogP contribution in [0, 0.1) is 46.7 Å². The summed E-state index contributed by atoms with van der Waals surface area (Å²) in [7, 11) is 0. The molecule has 0 spiro atoms. The largest absolute Gasteiger partial charge is 0.346 e. The van der Waals surface area contributed by atoms with Gasteiger partial charge in [0.15, 0.2) is 34.9 Å². The van der Waals surface area contributed by atoms with E-state index in [9.17, 15) is 35.9 Å². The fourth-order valence-corrected chi connectivity index (χ4v) is 6.57. The van der Waals surface area contributed by atoms with Gasteiger partial charge in [-0.25, -0.2) is 26.3 Å². The van der Waals surface area contributed by atoms with Crippen LogP contribution in [0.2, 0.25) is 0 Å². The molecule has 4 saturated carbocycles. The molecule has 4 aliphatic carbocycles. The molecule has 0 saturated heterocycles. The lowest BCUT2D eigenvalue weighted by atomic mass is 9.49. The molecule has 2 amide bonds. The second-order valence-corrected chi connectivity index (χ2v) is 9.88. The van der Waals surface area contributed by atoms with Crippen LogP contribution in [0.1, 0.15) is 59.2 Å². The zero-order valence-corrected chi connectivity index (χ0v) is 17.8. The smallest absolute Gasteiger partial charge is 0.254 e. The first kappa shape index (κ1) is 22.7. The molecule has 10 heteroatoms. The quantitative estimate of drug-likeness (QED) is 0.487. The molecule has 4 fully saturated rings. The van der Waals surface area contributed by atoms with Crippen molar-refractivity contribution in [3.8, 4) is 0 Å². The topological polar surface area (TPSA) is 58.2 Å². The highest BCUT2D eigenvalue weighted by Crippen LogP contribution is 2.57. The Bertz CT molecular complexity index is 1110. The van der Waals surface area contributed by atoms with Gasteiger partial charge in [-0.1, -0.05) is 0 Å². The number of amides is 2. The number of carbonyl (C=O) groups is 2. The number of hydrogen-bond acceptors (Lipinski definition) is 2. The maximum Gasteiger partial charge on any atom is 0.254 e. The third-order valence-electron chi connectivity index (χ3n) is 7.38. The van der Waals surface area contributed by atoms with Crippen LogP contribution in [0.4, 0.5) is 26.3 Å². The van der Waals surface area contributed by atoms with Gasteiger partial charge in [0.25, 0.3) is 11.8 Å². The normalized spacial score (nSPS) is 29.2. The predicted molar refractivity (Wildman–Crippen MR) is 108 cm³/mol. The molecule has 4 aliphatic rings. The van der Waals surface area contributed by atoms with E-state index < -0.39 is 68.9 Å². The zero-order chi connectivity index (χ0) is 24.4. The van der Waals surface area contributed by atoms with E-state index in [-0.39, 0.29) is 18.3 Å².